The Bertz CT molecular complexity index is 823. The van der Waals surface area contributed by atoms with Crippen molar-refractivity contribution < 1.29 is 31.9 Å². The Morgan fingerprint density at radius 2 is 1.88 bits per heavy atom. The summed E-state index contributed by atoms with van der Waals surface area (Å²) < 4.78 is 56.7. The average Bonchev–Trinajstić information content (AvgIpc) is 2.55. The molecule has 0 aliphatic rings. The van der Waals surface area contributed by atoms with E-state index in [1.165, 1.54) is 26.0 Å². The van der Waals surface area contributed by atoms with Crippen LogP contribution in [0, 0.1) is 0 Å². The molecule has 1 aromatic heterocycles. The van der Waals surface area contributed by atoms with Crippen LogP contribution in [0.3, 0.4) is 0 Å². The molecular formula is C15H15BrF2NO5P. The van der Waals surface area contributed by atoms with Crippen LogP contribution >= 0.6 is 23.5 Å². The first kappa shape index (κ1) is 19.9. The highest BCUT2D eigenvalue weighted by Gasteiger charge is 2.55. The Labute approximate surface area is 151 Å². The smallest absolute Gasteiger partial charge is 0.404 e. The summed E-state index contributed by atoms with van der Waals surface area (Å²) >= 11 is 3.07. The Morgan fingerprint density at radius 3 is 2.44 bits per heavy atom. The molecule has 0 fully saturated rings. The molecule has 0 unspecified atom stereocenters. The number of ether oxygens (including phenoxy) is 1. The number of alkyl halides is 2. The predicted octanol–water partition coefficient (Wildman–Crippen LogP) is 4.85. The highest BCUT2D eigenvalue weighted by molar-refractivity contribution is 9.10. The Kier molecular flexibility index (Phi) is 6.26. The minimum absolute atomic E-state index is 0.0236. The summed E-state index contributed by atoms with van der Waals surface area (Å²) in [6, 6.07) is 5.44. The molecule has 0 amide bonds. The second-order valence-electron chi connectivity index (χ2n) is 4.76. The fourth-order valence-electron chi connectivity index (χ4n) is 2.16. The molecule has 0 aliphatic heterocycles. The summed E-state index contributed by atoms with van der Waals surface area (Å²) in [5.74, 6) is -0.0445. The molecule has 0 aliphatic carbocycles. The topological polar surface area (TPSA) is 74.7 Å². The van der Waals surface area contributed by atoms with Crippen molar-refractivity contribution in [2.75, 3.05) is 13.2 Å². The lowest BCUT2D eigenvalue weighted by Gasteiger charge is -2.26. The van der Waals surface area contributed by atoms with E-state index < -0.39 is 18.8 Å². The molecule has 0 atom stereocenters. The van der Waals surface area contributed by atoms with Crippen molar-refractivity contribution in [1.29, 1.82) is 0 Å². The lowest BCUT2D eigenvalue weighted by molar-refractivity contribution is -0.120. The lowest BCUT2D eigenvalue weighted by Crippen LogP contribution is -2.19. The molecule has 1 heterocycles. The van der Waals surface area contributed by atoms with Gasteiger partial charge in [-0.05, 0) is 32.0 Å². The molecule has 25 heavy (non-hydrogen) atoms. The number of hydrogen-bond donors (Lipinski definition) is 0. The third kappa shape index (κ3) is 3.89. The average molecular weight is 438 g/mol. The normalized spacial score (nSPS) is 12.4. The first-order valence-electron chi connectivity index (χ1n) is 7.27. The zero-order valence-corrected chi connectivity index (χ0v) is 15.9. The highest BCUT2D eigenvalue weighted by atomic mass is 79.9. The first-order chi connectivity index (χ1) is 11.8. The Morgan fingerprint density at radius 1 is 1.24 bits per heavy atom. The summed E-state index contributed by atoms with van der Waals surface area (Å²) in [6.45, 7) is 2.67. The molecule has 0 N–H and O–H groups in total. The van der Waals surface area contributed by atoms with Gasteiger partial charge in [0, 0.05) is 21.5 Å². The van der Waals surface area contributed by atoms with Gasteiger partial charge in [-0.2, -0.15) is 8.78 Å². The molecule has 0 bridgehead atoms. The molecule has 10 heteroatoms. The van der Waals surface area contributed by atoms with E-state index in [4.69, 9.17) is 9.05 Å². The van der Waals surface area contributed by atoms with Gasteiger partial charge in [-0.3, -0.25) is 9.36 Å². The van der Waals surface area contributed by atoms with E-state index in [9.17, 15) is 18.1 Å². The first-order valence-corrected chi connectivity index (χ1v) is 9.60. The lowest BCUT2D eigenvalue weighted by atomic mass is 10.1. The van der Waals surface area contributed by atoms with Gasteiger partial charge in [0.2, 0.25) is 5.88 Å². The van der Waals surface area contributed by atoms with Crippen LogP contribution in [-0.2, 0) is 24.1 Å². The van der Waals surface area contributed by atoms with Crippen LogP contribution in [0.15, 0.2) is 28.7 Å². The quantitative estimate of drug-likeness (QED) is 0.434. The van der Waals surface area contributed by atoms with E-state index in [0.29, 0.717) is 5.39 Å². The monoisotopic (exact) mass is 437 g/mol. The molecule has 0 saturated heterocycles. The minimum Gasteiger partial charge on any atom is -0.410 e. The van der Waals surface area contributed by atoms with E-state index in [0.717, 1.165) is 6.07 Å². The van der Waals surface area contributed by atoms with E-state index >= 15 is 0 Å². The van der Waals surface area contributed by atoms with Crippen molar-refractivity contribution >= 4 is 40.9 Å². The second-order valence-corrected chi connectivity index (χ2v) is 7.69. The Balaban J connectivity index is 2.62. The summed E-state index contributed by atoms with van der Waals surface area (Å²) in [6.07, 6.45) is 0. The number of nitrogens with zero attached hydrogens (tertiary/aromatic N) is 1. The fourth-order valence-corrected chi connectivity index (χ4v) is 4.48. The molecular weight excluding hydrogens is 423 g/mol. The van der Waals surface area contributed by atoms with Crippen molar-refractivity contribution in [3.63, 3.8) is 0 Å². The zero-order valence-electron chi connectivity index (χ0n) is 13.4. The number of aromatic nitrogens is 1. The fraction of sp³-hybridized carbons (Fsp3) is 0.333. The molecule has 6 nitrogen and oxygen atoms in total. The van der Waals surface area contributed by atoms with Gasteiger partial charge in [0.05, 0.1) is 18.7 Å². The molecule has 1 aromatic carbocycles. The van der Waals surface area contributed by atoms with Crippen LogP contribution in [0.5, 0.6) is 5.88 Å². The maximum atomic E-state index is 15.0. The van der Waals surface area contributed by atoms with Gasteiger partial charge in [0.1, 0.15) is 0 Å². The highest BCUT2D eigenvalue weighted by Crippen LogP contribution is 2.67. The molecule has 0 spiro atoms. The molecule has 2 rings (SSSR count). The zero-order chi connectivity index (χ0) is 18.7. The van der Waals surface area contributed by atoms with Gasteiger partial charge in [0.15, 0.2) is 0 Å². The number of halogens is 3. The van der Waals surface area contributed by atoms with E-state index in [1.807, 2.05) is 0 Å². The molecule has 136 valence electrons. The van der Waals surface area contributed by atoms with Crippen molar-refractivity contribution in [1.82, 2.24) is 4.98 Å². The van der Waals surface area contributed by atoms with Crippen LogP contribution in [0.4, 0.5) is 8.78 Å². The number of pyridine rings is 1. The summed E-state index contributed by atoms with van der Waals surface area (Å²) in [5, 5.41) is 0.521. The summed E-state index contributed by atoms with van der Waals surface area (Å²) in [4.78, 5) is 14.4. The van der Waals surface area contributed by atoms with Crippen molar-refractivity contribution in [3.05, 3.63) is 34.3 Å². The number of benzene rings is 1. The number of fused-ring (bicyclic) bond motifs is 1. The summed E-state index contributed by atoms with van der Waals surface area (Å²) in [5.41, 5.74) is -4.37. The summed E-state index contributed by atoms with van der Waals surface area (Å²) in [7, 11) is -4.75. The third-order valence-electron chi connectivity index (χ3n) is 3.19. The molecule has 2 aromatic rings. The van der Waals surface area contributed by atoms with Crippen LogP contribution in [-0.4, -0.2) is 24.7 Å². The largest absolute Gasteiger partial charge is 0.410 e. The van der Waals surface area contributed by atoms with Crippen molar-refractivity contribution in [2.45, 2.75) is 19.5 Å². The van der Waals surface area contributed by atoms with Gasteiger partial charge in [-0.1, -0.05) is 15.9 Å². The van der Waals surface area contributed by atoms with Gasteiger partial charge in [0.25, 0.3) is 6.47 Å². The number of carbonyl (C=O) groups excluding carboxylic acids is 1. The van der Waals surface area contributed by atoms with Crippen LogP contribution in [0.1, 0.15) is 19.4 Å². The maximum absolute atomic E-state index is 15.0. The van der Waals surface area contributed by atoms with Crippen LogP contribution in [0.25, 0.3) is 10.9 Å². The maximum Gasteiger partial charge on any atom is 0.404 e. The van der Waals surface area contributed by atoms with Crippen LogP contribution < -0.4 is 4.74 Å². The molecule has 0 radical (unpaired) electrons. The number of carbonyl (C=O) groups is 1. The number of rotatable bonds is 8. The van der Waals surface area contributed by atoms with E-state index in [1.54, 1.807) is 6.07 Å². The van der Waals surface area contributed by atoms with Gasteiger partial charge >= 0.3 is 13.3 Å². The Hall–Kier alpha value is -1.41. The van der Waals surface area contributed by atoms with Gasteiger partial charge in [-0.15, -0.1) is 0 Å². The SMILES string of the molecule is CCOP(=O)(OCC)C(F)(F)c1cc2nc(OC=O)ccc2cc1Br. The predicted molar refractivity (Wildman–Crippen MR) is 90.9 cm³/mol. The van der Waals surface area contributed by atoms with Gasteiger partial charge in [-0.25, -0.2) is 4.98 Å². The van der Waals surface area contributed by atoms with Gasteiger partial charge < -0.3 is 13.8 Å². The minimum atomic E-state index is -4.75. The van der Waals surface area contributed by atoms with E-state index in [-0.39, 0.29) is 35.6 Å². The van der Waals surface area contributed by atoms with Crippen molar-refractivity contribution in [3.8, 4) is 5.88 Å². The standard InChI is InChI=1S/C15H15BrF2NO5P/c1-3-23-25(21,24-4-2)15(17,18)11-8-13-10(7-12(11)16)5-6-14(19-13)22-9-20/h5-9H,3-4H2,1-2H3. The third-order valence-corrected chi connectivity index (χ3v) is 5.97. The van der Waals surface area contributed by atoms with E-state index in [2.05, 4.69) is 25.7 Å². The van der Waals surface area contributed by atoms with Crippen LogP contribution in [0.2, 0.25) is 0 Å². The second kappa shape index (κ2) is 7.86. The van der Waals surface area contributed by atoms with Crippen molar-refractivity contribution in [2.24, 2.45) is 0 Å². The molecule has 0 saturated carbocycles. The number of hydrogen-bond acceptors (Lipinski definition) is 6.